The number of benzene rings is 1. The van der Waals surface area contributed by atoms with Gasteiger partial charge in [-0.25, -0.2) is 0 Å². The molecule has 0 aliphatic carbocycles. The van der Waals surface area contributed by atoms with Crippen molar-refractivity contribution in [2.24, 2.45) is 0 Å². The zero-order valence-electron chi connectivity index (χ0n) is 11.4. The fraction of sp³-hybridized carbons (Fsp3) is 0.286. The summed E-state index contributed by atoms with van der Waals surface area (Å²) in [5, 5.41) is 13.2. The summed E-state index contributed by atoms with van der Waals surface area (Å²) in [6.45, 7) is 2.05. The number of rotatable bonds is 5. The molecule has 0 saturated heterocycles. The summed E-state index contributed by atoms with van der Waals surface area (Å²) in [6.07, 6.45) is 0.847. The first-order valence-corrected chi connectivity index (χ1v) is 7.16. The fourth-order valence-corrected chi connectivity index (χ4v) is 2.95. The minimum absolute atomic E-state index is 0.0203. The van der Waals surface area contributed by atoms with Gasteiger partial charge in [0, 0.05) is 24.4 Å². The van der Waals surface area contributed by atoms with Gasteiger partial charge in [0.2, 0.25) is 0 Å². The lowest BCUT2D eigenvalue weighted by atomic mass is 10.1. The lowest BCUT2D eigenvalue weighted by Crippen LogP contribution is -2.31. The molecule has 0 amide bonds. The summed E-state index contributed by atoms with van der Waals surface area (Å²) >= 11 is 1.69. The lowest BCUT2D eigenvalue weighted by molar-refractivity contribution is -0.383. The first kappa shape index (κ1) is 14.3. The molecule has 2 aromatic rings. The van der Waals surface area contributed by atoms with E-state index in [0.29, 0.717) is 5.69 Å². The SMILES string of the molecule is CC(Cc1cccs1)N(C)c1cccc(N)c1[N+](=O)[O-]. The van der Waals surface area contributed by atoms with Gasteiger partial charge in [-0.05, 0) is 30.5 Å². The van der Waals surface area contributed by atoms with Gasteiger partial charge < -0.3 is 10.6 Å². The summed E-state index contributed by atoms with van der Waals surface area (Å²) < 4.78 is 0. The normalized spacial score (nSPS) is 12.1. The molecule has 0 bridgehead atoms. The number of likely N-dealkylation sites (N-methyl/N-ethyl adjacent to an activating group) is 1. The van der Waals surface area contributed by atoms with Crippen LogP contribution in [0.3, 0.4) is 0 Å². The molecular weight excluding hydrogens is 274 g/mol. The Balaban J connectivity index is 2.26. The van der Waals surface area contributed by atoms with Crippen LogP contribution in [0.4, 0.5) is 17.1 Å². The Hall–Kier alpha value is -2.08. The highest BCUT2D eigenvalue weighted by Crippen LogP contribution is 2.34. The molecule has 1 aromatic carbocycles. The number of anilines is 2. The molecule has 0 spiro atoms. The van der Waals surface area contributed by atoms with Crippen LogP contribution < -0.4 is 10.6 Å². The average molecular weight is 291 g/mol. The minimum atomic E-state index is -0.418. The summed E-state index contributed by atoms with van der Waals surface area (Å²) in [5.41, 5.74) is 6.46. The molecule has 0 radical (unpaired) electrons. The number of nitro groups is 1. The standard InChI is InChI=1S/C14H17N3O2S/c1-10(9-11-5-4-8-20-11)16(2)13-7-3-6-12(15)14(13)17(18)19/h3-8,10H,9,15H2,1-2H3. The number of nitrogens with zero attached hydrogens (tertiary/aromatic N) is 2. The quantitative estimate of drug-likeness (QED) is 0.521. The highest BCUT2D eigenvalue weighted by molar-refractivity contribution is 7.09. The Kier molecular flexibility index (Phi) is 4.24. The van der Waals surface area contributed by atoms with Crippen LogP contribution in [0.2, 0.25) is 0 Å². The Morgan fingerprint density at radius 2 is 2.15 bits per heavy atom. The van der Waals surface area contributed by atoms with E-state index in [4.69, 9.17) is 5.73 Å². The molecule has 1 aromatic heterocycles. The van der Waals surface area contributed by atoms with Gasteiger partial charge in [-0.2, -0.15) is 0 Å². The summed E-state index contributed by atoms with van der Waals surface area (Å²) in [5.74, 6) is 0. The largest absolute Gasteiger partial charge is 0.393 e. The molecule has 0 saturated carbocycles. The molecule has 20 heavy (non-hydrogen) atoms. The van der Waals surface area contributed by atoms with Crippen molar-refractivity contribution in [3.05, 3.63) is 50.7 Å². The van der Waals surface area contributed by atoms with Crippen LogP contribution in [0.1, 0.15) is 11.8 Å². The van der Waals surface area contributed by atoms with E-state index in [1.165, 1.54) is 4.88 Å². The molecule has 0 fully saturated rings. The smallest absolute Gasteiger partial charge is 0.315 e. The third-order valence-corrected chi connectivity index (χ3v) is 4.25. The fourth-order valence-electron chi connectivity index (χ4n) is 2.13. The third kappa shape index (κ3) is 2.91. The van der Waals surface area contributed by atoms with Crippen LogP contribution >= 0.6 is 11.3 Å². The number of hydrogen-bond donors (Lipinski definition) is 1. The van der Waals surface area contributed by atoms with E-state index in [1.54, 1.807) is 29.5 Å². The predicted molar refractivity (Wildman–Crippen MR) is 83.4 cm³/mol. The van der Waals surface area contributed by atoms with Crippen LogP contribution in [0, 0.1) is 10.1 Å². The zero-order valence-corrected chi connectivity index (χ0v) is 12.3. The van der Waals surface area contributed by atoms with E-state index in [2.05, 4.69) is 6.07 Å². The maximum Gasteiger partial charge on any atom is 0.315 e. The van der Waals surface area contributed by atoms with Gasteiger partial charge in [-0.15, -0.1) is 11.3 Å². The van der Waals surface area contributed by atoms with Crippen LogP contribution in [-0.2, 0) is 6.42 Å². The molecule has 1 unspecified atom stereocenters. The monoisotopic (exact) mass is 291 g/mol. The summed E-state index contributed by atoms with van der Waals surface area (Å²) in [6, 6.07) is 9.26. The second-order valence-corrected chi connectivity index (χ2v) is 5.75. The van der Waals surface area contributed by atoms with Crippen molar-refractivity contribution in [1.82, 2.24) is 0 Å². The molecular formula is C14H17N3O2S. The molecule has 0 aliphatic heterocycles. The Labute approximate surface area is 121 Å². The highest BCUT2D eigenvalue weighted by atomic mass is 32.1. The van der Waals surface area contributed by atoms with E-state index in [1.807, 2.05) is 30.3 Å². The number of nitro benzene ring substituents is 1. The topological polar surface area (TPSA) is 72.4 Å². The highest BCUT2D eigenvalue weighted by Gasteiger charge is 2.23. The minimum Gasteiger partial charge on any atom is -0.393 e. The molecule has 5 nitrogen and oxygen atoms in total. The second kappa shape index (κ2) is 5.92. The van der Waals surface area contributed by atoms with E-state index in [9.17, 15) is 10.1 Å². The van der Waals surface area contributed by atoms with Gasteiger partial charge in [0.25, 0.3) is 0 Å². The van der Waals surface area contributed by atoms with Gasteiger partial charge >= 0.3 is 5.69 Å². The maximum absolute atomic E-state index is 11.2. The molecule has 106 valence electrons. The van der Waals surface area contributed by atoms with Crippen molar-refractivity contribution in [2.45, 2.75) is 19.4 Å². The molecule has 1 heterocycles. The second-order valence-electron chi connectivity index (χ2n) is 4.72. The number of nitrogen functional groups attached to an aromatic ring is 1. The van der Waals surface area contributed by atoms with E-state index in [-0.39, 0.29) is 17.4 Å². The number of nitrogens with two attached hydrogens (primary N) is 1. The number of hydrogen-bond acceptors (Lipinski definition) is 5. The van der Waals surface area contributed by atoms with Crippen molar-refractivity contribution in [3.63, 3.8) is 0 Å². The Morgan fingerprint density at radius 1 is 1.40 bits per heavy atom. The summed E-state index contributed by atoms with van der Waals surface area (Å²) in [7, 11) is 1.86. The molecule has 0 aliphatic rings. The van der Waals surface area contributed by atoms with E-state index < -0.39 is 4.92 Å². The van der Waals surface area contributed by atoms with Crippen molar-refractivity contribution in [2.75, 3.05) is 17.7 Å². The average Bonchev–Trinajstić information content (AvgIpc) is 2.89. The van der Waals surface area contributed by atoms with E-state index in [0.717, 1.165) is 6.42 Å². The Bertz CT molecular complexity index is 598. The third-order valence-electron chi connectivity index (χ3n) is 3.35. The molecule has 2 N–H and O–H groups in total. The van der Waals surface area contributed by atoms with Gasteiger partial charge in [-0.1, -0.05) is 12.1 Å². The molecule has 2 rings (SSSR count). The van der Waals surface area contributed by atoms with Crippen molar-refractivity contribution in [3.8, 4) is 0 Å². The first-order valence-electron chi connectivity index (χ1n) is 6.28. The lowest BCUT2D eigenvalue weighted by Gasteiger charge is -2.26. The Morgan fingerprint density at radius 3 is 2.75 bits per heavy atom. The van der Waals surface area contributed by atoms with Gasteiger partial charge in [-0.3, -0.25) is 10.1 Å². The number of para-hydroxylation sites is 1. The van der Waals surface area contributed by atoms with Crippen molar-refractivity contribution >= 4 is 28.4 Å². The predicted octanol–water partition coefficient (Wildman–Crippen LogP) is 3.31. The summed E-state index contributed by atoms with van der Waals surface area (Å²) in [4.78, 5) is 13.9. The number of thiophene rings is 1. The van der Waals surface area contributed by atoms with Gasteiger partial charge in [0.05, 0.1) is 4.92 Å². The van der Waals surface area contributed by atoms with Crippen LogP contribution in [0.5, 0.6) is 0 Å². The van der Waals surface area contributed by atoms with Gasteiger partial charge in [0.1, 0.15) is 11.4 Å². The van der Waals surface area contributed by atoms with Crippen LogP contribution in [0.25, 0.3) is 0 Å². The molecule has 1 atom stereocenters. The van der Waals surface area contributed by atoms with Crippen molar-refractivity contribution < 1.29 is 4.92 Å². The van der Waals surface area contributed by atoms with Crippen LogP contribution in [-0.4, -0.2) is 18.0 Å². The van der Waals surface area contributed by atoms with Gasteiger partial charge in [0.15, 0.2) is 0 Å². The van der Waals surface area contributed by atoms with Crippen LogP contribution in [0.15, 0.2) is 35.7 Å². The molecule has 6 heteroatoms. The van der Waals surface area contributed by atoms with E-state index >= 15 is 0 Å². The van der Waals surface area contributed by atoms with Crippen molar-refractivity contribution in [1.29, 1.82) is 0 Å². The first-order chi connectivity index (χ1) is 9.50. The zero-order chi connectivity index (χ0) is 14.7. The maximum atomic E-state index is 11.2.